The van der Waals surface area contributed by atoms with E-state index >= 15 is 0 Å². The van der Waals surface area contributed by atoms with Gasteiger partial charge in [-0.15, -0.1) is 0 Å². The van der Waals surface area contributed by atoms with Gasteiger partial charge in [0.2, 0.25) is 5.88 Å². The van der Waals surface area contributed by atoms with E-state index in [0.717, 1.165) is 18.6 Å². The number of hydrogen-bond donors (Lipinski definition) is 2. The summed E-state index contributed by atoms with van der Waals surface area (Å²) in [5.74, 6) is 1.21. The van der Waals surface area contributed by atoms with Crippen LogP contribution in [0.25, 0.3) is 0 Å². The fourth-order valence-electron chi connectivity index (χ4n) is 2.82. The highest BCUT2D eigenvalue weighted by atomic mass is 16.5. The van der Waals surface area contributed by atoms with Crippen molar-refractivity contribution in [3.8, 4) is 11.6 Å². The number of nitrogens with two attached hydrogens (primary N) is 1. The molecular formula is C15H18N4O2. The molecule has 3 rings (SSSR count). The maximum atomic E-state index is 8.91. The number of fused-ring (bicyclic) bond motifs is 1. The predicted molar refractivity (Wildman–Crippen MR) is 79.0 cm³/mol. The Morgan fingerprint density at radius 3 is 2.90 bits per heavy atom. The third kappa shape index (κ3) is 2.33. The van der Waals surface area contributed by atoms with Gasteiger partial charge in [0.05, 0.1) is 5.69 Å². The van der Waals surface area contributed by atoms with Crippen molar-refractivity contribution in [1.82, 2.24) is 9.78 Å². The van der Waals surface area contributed by atoms with E-state index in [4.69, 9.17) is 15.7 Å². The van der Waals surface area contributed by atoms with E-state index in [1.54, 1.807) is 18.7 Å². The van der Waals surface area contributed by atoms with Gasteiger partial charge in [-0.25, -0.2) is 4.68 Å². The molecule has 0 atom stereocenters. The van der Waals surface area contributed by atoms with Crippen LogP contribution in [0.1, 0.15) is 28.8 Å². The zero-order chi connectivity index (χ0) is 15.0. The van der Waals surface area contributed by atoms with Gasteiger partial charge < -0.3 is 15.7 Å². The van der Waals surface area contributed by atoms with Crippen molar-refractivity contribution in [3.05, 3.63) is 40.6 Å². The zero-order valence-electron chi connectivity index (χ0n) is 12.1. The van der Waals surface area contributed by atoms with E-state index in [1.807, 2.05) is 6.07 Å². The minimum atomic E-state index is -0.00300. The average molecular weight is 286 g/mol. The second kappa shape index (κ2) is 5.12. The Hall–Kier alpha value is -2.50. The molecule has 1 aliphatic carbocycles. The van der Waals surface area contributed by atoms with Gasteiger partial charge in [0.1, 0.15) is 11.3 Å². The number of oxime groups is 1. The predicted octanol–water partition coefficient (Wildman–Crippen LogP) is 2.10. The second-order valence-corrected chi connectivity index (χ2v) is 5.26. The summed E-state index contributed by atoms with van der Waals surface area (Å²) in [7, 11) is 1.77. The molecule has 0 amide bonds. The Morgan fingerprint density at radius 1 is 1.38 bits per heavy atom. The van der Waals surface area contributed by atoms with E-state index in [1.165, 1.54) is 17.5 Å². The van der Waals surface area contributed by atoms with Crippen LogP contribution in [0.2, 0.25) is 0 Å². The smallest absolute Gasteiger partial charge is 0.229 e. The second-order valence-electron chi connectivity index (χ2n) is 5.26. The summed E-state index contributed by atoms with van der Waals surface area (Å²) in [5, 5.41) is 16.2. The average Bonchev–Trinajstić information content (AvgIpc) is 3.03. The minimum absolute atomic E-state index is 0.00300. The van der Waals surface area contributed by atoms with Crippen molar-refractivity contribution in [2.45, 2.75) is 26.2 Å². The van der Waals surface area contributed by atoms with Crippen LogP contribution in [0.3, 0.4) is 0 Å². The van der Waals surface area contributed by atoms with E-state index in [2.05, 4.69) is 22.4 Å². The highest BCUT2D eigenvalue weighted by Crippen LogP contribution is 2.31. The molecule has 0 bridgehead atoms. The first-order valence-electron chi connectivity index (χ1n) is 6.91. The summed E-state index contributed by atoms with van der Waals surface area (Å²) >= 11 is 0. The highest BCUT2D eigenvalue weighted by molar-refractivity contribution is 6.00. The van der Waals surface area contributed by atoms with Crippen LogP contribution in [-0.4, -0.2) is 20.8 Å². The number of nitrogens with zero attached hydrogens (tertiary/aromatic N) is 3. The molecule has 21 heavy (non-hydrogen) atoms. The summed E-state index contributed by atoms with van der Waals surface area (Å²) in [6, 6.07) is 6.10. The van der Waals surface area contributed by atoms with E-state index < -0.39 is 0 Å². The van der Waals surface area contributed by atoms with Crippen molar-refractivity contribution in [1.29, 1.82) is 0 Å². The standard InChI is InChI=1S/C15H18N4O2/c1-9-13(14(16)18-20)15(19(2)17-9)21-12-7-6-10-4-3-5-11(10)8-12/h6-8,20H,3-5H2,1-2H3,(H2,16,18). The molecule has 1 aliphatic rings. The van der Waals surface area contributed by atoms with E-state index in [0.29, 0.717) is 17.1 Å². The number of rotatable bonds is 3. The Labute approximate surface area is 122 Å². The Balaban J connectivity index is 1.98. The van der Waals surface area contributed by atoms with Crippen LogP contribution < -0.4 is 10.5 Å². The summed E-state index contributed by atoms with van der Waals surface area (Å²) in [6.45, 7) is 1.79. The van der Waals surface area contributed by atoms with Gasteiger partial charge >= 0.3 is 0 Å². The number of amidine groups is 1. The van der Waals surface area contributed by atoms with Crippen molar-refractivity contribution < 1.29 is 9.94 Å². The number of aromatic nitrogens is 2. The number of hydrogen-bond acceptors (Lipinski definition) is 4. The first kappa shape index (κ1) is 13.5. The number of ether oxygens (including phenoxy) is 1. The molecule has 1 aromatic heterocycles. The first-order valence-corrected chi connectivity index (χ1v) is 6.91. The quantitative estimate of drug-likeness (QED) is 0.391. The van der Waals surface area contributed by atoms with Crippen molar-refractivity contribution >= 4 is 5.84 Å². The molecule has 110 valence electrons. The molecule has 0 saturated carbocycles. The maximum absolute atomic E-state index is 8.91. The van der Waals surface area contributed by atoms with Crippen molar-refractivity contribution in [2.75, 3.05) is 0 Å². The van der Waals surface area contributed by atoms with Gasteiger partial charge in [-0.2, -0.15) is 5.10 Å². The first-order chi connectivity index (χ1) is 10.1. The molecule has 0 aliphatic heterocycles. The lowest BCUT2D eigenvalue weighted by atomic mass is 10.1. The molecule has 0 unspecified atom stereocenters. The van der Waals surface area contributed by atoms with Gasteiger partial charge in [-0.1, -0.05) is 11.2 Å². The lowest BCUT2D eigenvalue weighted by molar-refractivity contribution is 0.318. The molecule has 0 fully saturated rings. The topological polar surface area (TPSA) is 85.7 Å². The van der Waals surface area contributed by atoms with Gasteiger partial charge in [0, 0.05) is 7.05 Å². The fraction of sp³-hybridized carbons (Fsp3) is 0.333. The van der Waals surface area contributed by atoms with Crippen molar-refractivity contribution in [3.63, 3.8) is 0 Å². The summed E-state index contributed by atoms with van der Waals surface area (Å²) in [4.78, 5) is 0. The Kier molecular flexibility index (Phi) is 3.29. The van der Waals surface area contributed by atoms with Crippen LogP contribution >= 0.6 is 0 Å². The zero-order valence-corrected chi connectivity index (χ0v) is 12.1. The SMILES string of the molecule is Cc1nn(C)c(Oc2ccc3c(c2)CCC3)c1C(N)=NO. The largest absolute Gasteiger partial charge is 0.438 e. The van der Waals surface area contributed by atoms with Gasteiger partial charge in [-0.3, -0.25) is 0 Å². The number of benzene rings is 1. The molecule has 1 aromatic carbocycles. The maximum Gasteiger partial charge on any atom is 0.229 e. The molecule has 0 saturated heterocycles. The lowest BCUT2D eigenvalue weighted by Crippen LogP contribution is -2.15. The molecule has 0 spiro atoms. The van der Waals surface area contributed by atoms with E-state index in [-0.39, 0.29) is 5.84 Å². The summed E-state index contributed by atoms with van der Waals surface area (Å²) < 4.78 is 7.53. The van der Waals surface area contributed by atoms with E-state index in [9.17, 15) is 0 Å². The lowest BCUT2D eigenvalue weighted by Gasteiger charge is -2.09. The molecule has 1 heterocycles. The van der Waals surface area contributed by atoms with Crippen LogP contribution in [0.4, 0.5) is 0 Å². The normalized spacial score (nSPS) is 14.3. The molecule has 3 N–H and O–H groups in total. The molecule has 2 aromatic rings. The molecule has 6 nitrogen and oxygen atoms in total. The van der Waals surface area contributed by atoms with Crippen LogP contribution in [0, 0.1) is 6.92 Å². The fourth-order valence-corrected chi connectivity index (χ4v) is 2.82. The van der Waals surface area contributed by atoms with Crippen LogP contribution in [0.15, 0.2) is 23.4 Å². The third-order valence-corrected chi connectivity index (χ3v) is 3.82. The summed E-state index contributed by atoms with van der Waals surface area (Å²) in [6.07, 6.45) is 3.42. The van der Waals surface area contributed by atoms with Crippen LogP contribution in [0.5, 0.6) is 11.6 Å². The van der Waals surface area contributed by atoms with Crippen molar-refractivity contribution in [2.24, 2.45) is 17.9 Å². The number of aryl methyl sites for hydroxylation is 4. The molecule has 0 radical (unpaired) electrons. The van der Waals surface area contributed by atoms with Gasteiger partial charge in [0.15, 0.2) is 5.84 Å². The Morgan fingerprint density at radius 2 is 2.14 bits per heavy atom. The molecular weight excluding hydrogens is 268 g/mol. The van der Waals surface area contributed by atoms with Gasteiger partial charge in [-0.05, 0) is 49.4 Å². The summed E-state index contributed by atoms with van der Waals surface area (Å²) in [5.41, 5.74) is 9.61. The molecule has 6 heteroatoms. The third-order valence-electron chi connectivity index (χ3n) is 3.82. The van der Waals surface area contributed by atoms with Gasteiger partial charge in [0.25, 0.3) is 0 Å². The minimum Gasteiger partial charge on any atom is -0.438 e. The van der Waals surface area contributed by atoms with Crippen LogP contribution in [-0.2, 0) is 19.9 Å². The highest BCUT2D eigenvalue weighted by Gasteiger charge is 2.20. The monoisotopic (exact) mass is 286 g/mol. The Bertz CT molecular complexity index is 719.